The van der Waals surface area contributed by atoms with Gasteiger partial charge in [0.15, 0.2) is 5.78 Å². The quantitative estimate of drug-likeness (QED) is 0.441. The number of nitrogens with one attached hydrogen (secondary N) is 2. The van der Waals surface area contributed by atoms with Crippen molar-refractivity contribution < 1.29 is 22.8 Å². The van der Waals surface area contributed by atoms with Gasteiger partial charge in [-0.1, -0.05) is 48.0 Å². The van der Waals surface area contributed by atoms with Crippen LogP contribution in [0.1, 0.15) is 31.8 Å². The molecule has 2 amide bonds. The van der Waals surface area contributed by atoms with Crippen LogP contribution >= 0.6 is 0 Å². The molecule has 0 spiro atoms. The highest BCUT2D eigenvalue weighted by Crippen LogP contribution is 2.36. The van der Waals surface area contributed by atoms with E-state index in [2.05, 4.69) is 10.9 Å². The number of ketones is 1. The van der Waals surface area contributed by atoms with Gasteiger partial charge in [-0.05, 0) is 42.3 Å². The number of hydrogen-bond acceptors (Lipinski definition) is 5. The maximum Gasteiger partial charge on any atom is 0.269 e. The fourth-order valence-electron chi connectivity index (χ4n) is 3.58. The van der Waals surface area contributed by atoms with Crippen LogP contribution in [0.5, 0.6) is 0 Å². The van der Waals surface area contributed by atoms with Gasteiger partial charge in [0.05, 0.1) is 11.4 Å². The Kier molecular flexibility index (Phi) is 5.84. The van der Waals surface area contributed by atoms with Crippen LogP contribution in [-0.2, 0) is 14.8 Å². The van der Waals surface area contributed by atoms with Gasteiger partial charge in [-0.3, -0.25) is 25.2 Å². The zero-order valence-corrected chi connectivity index (χ0v) is 18.8. The summed E-state index contributed by atoms with van der Waals surface area (Å²) in [5.74, 6) is -1.51. The molecule has 0 saturated heterocycles. The van der Waals surface area contributed by atoms with Crippen LogP contribution in [0.3, 0.4) is 0 Å². The molecule has 2 N–H and O–H groups in total. The minimum Gasteiger partial charge on any atom is -0.289 e. The van der Waals surface area contributed by atoms with Crippen molar-refractivity contribution in [2.45, 2.75) is 11.8 Å². The van der Waals surface area contributed by atoms with E-state index in [9.17, 15) is 22.8 Å². The van der Waals surface area contributed by atoms with Crippen LogP contribution in [-0.4, -0.2) is 43.9 Å². The number of carbonyl (C=O) groups is 3. The lowest BCUT2D eigenvalue weighted by Gasteiger charge is -2.17. The van der Waals surface area contributed by atoms with E-state index in [1.165, 1.54) is 25.2 Å². The summed E-state index contributed by atoms with van der Waals surface area (Å²) in [6.45, 7) is 1.35. The first-order valence-electron chi connectivity index (χ1n) is 10.1. The van der Waals surface area contributed by atoms with E-state index in [-0.39, 0.29) is 16.2 Å². The highest BCUT2D eigenvalue weighted by atomic mass is 32.2. The van der Waals surface area contributed by atoms with E-state index in [0.29, 0.717) is 11.1 Å². The molecule has 8 nitrogen and oxygen atoms in total. The molecule has 168 valence electrons. The Morgan fingerprint density at radius 1 is 0.848 bits per heavy atom. The molecule has 0 aromatic heterocycles. The van der Waals surface area contributed by atoms with Gasteiger partial charge in [-0.25, -0.2) is 8.42 Å². The van der Waals surface area contributed by atoms with E-state index in [1.54, 1.807) is 36.4 Å². The van der Waals surface area contributed by atoms with Crippen LogP contribution in [0.2, 0.25) is 0 Å². The SMILES string of the molecule is Cc1ccc(S(=O)(=O)N(C)CC(=O)NNC(=O)c2ccc3c(c2)C(=O)c2ccccc2-3)cc1. The molecule has 0 heterocycles. The summed E-state index contributed by atoms with van der Waals surface area (Å²) in [6, 6.07) is 18.2. The number of fused-ring (bicyclic) bond motifs is 3. The molecule has 1 aliphatic rings. The largest absolute Gasteiger partial charge is 0.289 e. The molecule has 9 heteroatoms. The predicted octanol–water partition coefficient (Wildman–Crippen LogP) is 2.29. The van der Waals surface area contributed by atoms with Crippen LogP contribution in [0.25, 0.3) is 11.1 Å². The normalized spacial score (nSPS) is 12.3. The molecule has 0 unspecified atom stereocenters. The first-order valence-corrected chi connectivity index (χ1v) is 11.5. The summed E-state index contributed by atoms with van der Waals surface area (Å²) in [5.41, 5.74) is 8.13. The van der Waals surface area contributed by atoms with E-state index < -0.39 is 28.4 Å². The zero-order valence-electron chi connectivity index (χ0n) is 18.0. The molecule has 33 heavy (non-hydrogen) atoms. The van der Waals surface area contributed by atoms with E-state index in [4.69, 9.17) is 0 Å². The third kappa shape index (κ3) is 4.28. The topological polar surface area (TPSA) is 113 Å². The Labute approximate surface area is 191 Å². The molecule has 1 aliphatic carbocycles. The lowest BCUT2D eigenvalue weighted by atomic mass is 10.0. The molecule has 4 rings (SSSR count). The first kappa shape index (κ1) is 22.4. The Bertz CT molecular complexity index is 1380. The standard InChI is InChI=1S/C24H21N3O5S/c1-15-7-10-17(11-8-15)33(31,32)27(2)14-22(28)25-26-24(30)16-9-12-19-18-5-3-4-6-20(18)23(29)21(19)13-16/h3-13H,14H2,1-2H3,(H,25,28)(H,26,30). The van der Waals surface area contributed by atoms with Crippen LogP contribution in [0.4, 0.5) is 0 Å². The number of aryl methyl sites for hydroxylation is 1. The number of nitrogens with zero attached hydrogens (tertiary/aromatic N) is 1. The number of hydrogen-bond donors (Lipinski definition) is 2. The van der Waals surface area contributed by atoms with Gasteiger partial charge in [-0.2, -0.15) is 4.31 Å². The zero-order chi connectivity index (χ0) is 23.8. The molecule has 0 atom stereocenters. The molecule has 0 fully saturated rings. The van der Waals surface area contributed by atoms with Gasteiger partial charge in [0.2, 0.25) is 10.0 Å². The van der Waals surface area contributed by atoms with Gasteiger partial charge in [-0.15, -0.1) is 0 Å². The monoisotopic (exact) mass is 463 g/mol. The Morgan fingerprint density at radius 2 is 1.48 bits per heavy atom. The summed E-state index contributed by atoms with van der Waals surface area (Å²) in [5, 5.41) is 0. The third-order valence-corrected chi connectivity index (χ3v) is 7.22. The van der Waals surface area contributed by atoms with Crippen molar-refractivity contribution in [3.63, 3.8) is 0 Å². The summed E-state index contributed by atoms with van der Waals surface area (Å²) in [4.78, 5) is 37.4. The van der Waals surface area contributed by atoms with Gasteiger partial charge < -0.3 is 0 Å². The van der Waals surface area contributed by atoms with Gasteiger partial charge in [0.1, 0.15) is 0 Å². The van der Waals surface area contributed by atoms with Gasteiger partial charge >= 0.3 is 0 Å². The third-order valence-electron chi connectivity index (χ3n) is 5.40. The summed E-state index contributed by atoms with van der Waals surface area (Å²) >= 11 is 0. The second-order valence-electron chi connectivity index (χ2n) is 7.71. The lowest BCUT2D eigenvalue weighted by Crippen LogP contribution is -2.46. The van der Waals surface area contributed by atoms with Crippen molar-refractivity contribution in [2.24, 2.45) is 0 Å². The number of rotatable bonds is 5. The molecule has 0 radical (unpaired) electrons. The number of likely N-dealkylation sites (N-methyl/N-ethyl adjacent to an activating group) is 1. The number of carbonyl (C=O) groups excluding carboxylic acids is 3. The first-order chi connectivity index (χ1) is 15.7. The number of benzene rings is 3. The Hall–Kier alpha value is -3.82. The molecular formula is C24H21N3O5S. The van der Waals surface area contributed by atoms with E-state index in [0.717, 1.165) is 21.0 Å². The highest BCUT2D eigenvalue weighted by molar-refractivity contribution is 7.89. The minimum absolute atomic E-state index is 0.0660. The smallest absolute Gasteiger partial charge is 0.269 e. The summed E-state index contributed by atoms with van der Waals surface area (Å²) < 4.78 is 26.1. The van der Waals surface area contributed by atoms with Gasteiger partial charge in [0, 0.05) is 23.7 Å². The maximum absolute atomic E-state index is 12.6. The predicted molar refractivity (Wildman–Crippen MR) is 122 cm³/mol. The lowest BCUT2D eigenvalue weighted by molar-refractivity contribution is -0.121. The molecule has 0 aliphatic heterocycles. The fourth-order valence-corrected chi connectivity index (χ4v) is 4.71. The van der Waals surface area contributed by atoms with Gasteiger partial charge in [0.25, 0.3) is 11.8 Å². The van der Waals surface area contributed by atoms with Crippen LogP contribution < -0.4 is 10.9 Å². The molecular weight excluding hydrogens is 442 g/mol. The molecule has 0 saturated carbocycles. The maximum atomic E-state index is 12.6. The van der Waals surface area contributed by atoms with Crippen molar-refractivity contribution in [3.05, 3.63) is 89.0 Å². The Balaban J connectivity index is 1.39. The molecule has 3 aromatic rings. The van der Waals surface area contributed by atoms with E-state index in [1.807, 2.05) is 19.1 Å². The number of hydrazine groups is 1. The van der Waals surface area contributed by atoms with Crippen molar-refractivity contribution >= 4 is 27.6 Å². The Morgan fingerprint density at radius 3 is 2.18 bits per heavy atom. The highest BCUT2D eigenvalue weighted by Gasteiger charge is 2.27. The van der Waals surface area contributed by atoms with Crippen molar-refractivity contribution in [1.29, 1.82) is 0 Å². The summed E-state index contributed by atoms with van der Waals surface area (Å²) in [7, 11) is -2.58. The average Bonchev–Trinajstić information content (AvgIpc) is 3.09. The second kappa shape index (κ2) is 8.61. The van der Waals surface area contributed by atoms with Crippen molar-refractivity contribution in [2.75, 3.05) is 13.6 Å². The van der Waals surface area contributed by atoms with Crippen LogP contribution in [0, 0.1) is 6.92 Å². The van der Waals surface area contributed by atoms with Crippen molar-refractivity contribution in [3.8, 4) is 11.1 Å². The summed E-state index contributed by atoms with van der Waals surface area (Å²) in [6.07, 6.45) is 0. The fraction of sp³-hybridized carbons (Fsp3) is 0.125. The molecule has 0 bridgehead atoms. The van der Waals surface area contributed by atoms with Crippen LogP contribution in [0.15, 0.2) is 71.6 Å². The average molecular weight is 464 g/mol. The minimum atomic E-state index is -3.86. The second-order valence-corrected chi connectivity index (χ2v) is 9.76. The number of sulfonamides is 1. The van der Waals surface area contributed by atoms with E-state index >= 15 is 0 Å². The van der Waals surface area contributed by atoms with Crippen molar-refractivity contribution in [1.82, 2.24) is 15.2 Å². The number of amides is 2. The molecule has 3 aromatic carbocycles.